The van der Waals surface area contributed by atoms with Crippen molar-refractivity contribution < 1.29 is 0 Å². The summed E-state index contributed by atoms with van der Waals surface area (Å²) in [7, 11) is 4.10. The molecule has 0 bridgehead atoms. The van der Waals surface area contributed by atoms with Crippen LogP contribution in [0.5, 0.6) is 0 Å². The lowest BCUT2D eigenvalue weighted by Gasteiger charge is -2.14. The lowest BCUT2D eigenvalue weighted by molar-refractivity contribution is 0.560. The van der Waals surface area contributed by atoms with Gasteiger partial charge in [0.15, 0.2) is 0 Å². The number of H-pyrrole nitrogens is 1. The van der Waals surface area contributed by atoms with Crippen LogP contribution in [0.15, 0.2) is 36.5 Å². The first kappa shape index (κ1) is 12.6. The zero-order valence-corrected chi connectivity index (χ0v) is 11.1. The van der Waals surface area contributed by atoms with Crippen LogP contribution in [-0.4, -0.2) is 24.3 Å². The summed E-state index contributed by atoms with van der Waals surface area (Å²) in [6.45, 7) is 2.98. The molecule has 18 heavy (non-hydrogen) atoms. The summed E-state index contributed by atoms with van der Waals surface area (Å²) < 4.78 is 0. The van der Waals surface area contributed by atoms with Crippen molar-refractivity contribution in [3.05, 3.63) is 47.8 Å². The second-order valence-corrected chi connectivity index (χ2v) is 4.68. The summed E-state index contributed by atoms with van der Waals surface area (Å²) in [4.78, 5) is 2.10. The number of hydrogen-bond acceptors (Lipinski definition) is 3. The third kappa shape index (κ3) is 3.11. The van der Waals surface area contributed by atoms with Gasteiger partial charge in [-0.15, -0.1) is 0 Å². The number of anilines is 1. The number of aromatic nitrogens is 2. The summed E-state index contributed by atoms with van der Waals surface area (Å²) in [5.74, 6) is 0. The first-order valence-corrected chi connectivity index (χ1v) is 6.16. The molecule has 4 nitrogen and oxygen atoms in total. The van der Waals surface area contributed by atoms with Gasteiger partial charge in [-0.2, -0.15) is 5.10 Å². The highest BCUT2D eigenvalue weighted by Gasteiger charge is 2.05. The fourth-order valence-electron chi connectivity index (χ4n) is 1.80. The molecular weight excluding hydrogens is 224 g/mol. The maximum absolute atomic E-state index is 3.96. The van der Waals surface area contributed by atoms with Crippen molar-refractivity contribution in [3.63, 3.8) is 0 Å². The van der Waals surface area contributed by atoms with E-state index in [4.69, 9.17) is 0 Å². The molecule has 0 aliphatic heterocycles. The second kappa shape index (κ2) is 5.69. The van der Waals surface area contributed by atoms with Crippen LogP contribution >= 0.6 is 0 Å². The van der Waals surface area contributed by atoms with E-state index in [-0.39, 0.29) is 6.04 Å². The van der Waals surface area contributed by atoms with E-state index in [0.717, 1.165) is 12.2 Å². The maximum Gasteiger partial charge on any atom is 0.0518 e. The summed E-state index contributed by atoms with van der Waals surface area (Å²) in [5.41, 5.74) is 3.62. The molecule has 0 amide bonds. The van der Waals surface area contributed by atoms with Gasteiger partial charge < -0.3 is 10.2 Å². The molecule has 1 heterocycles. The molecule has 2 rings (SSSR count). The van der Waals surface area contributed by atoms with Gasteiger partial charge in [-0.1, -0.05) is 12.1 Å². The van der Waals surface area contributed by atoms with E-state index < -0.39 is 0 Å². The molecule has 0 fully saturated rings. The van der Waals surface area contributed by atoms with Gasteiger partial charge >= 0.3 is 0 Å². The molecule has 0 saturated carbocycles. The summed E-state index contributed by atoms with van der Waals surface area (Å²) in [5, 5.41) is 10.4. The van der Waals surface area contributed by atoms with Crippen LogP contribution < -0.4 is 10.2 Å². The molecule has 1 aromatic carbocycles. The quantitative estimate of drug-likeness (QED) is 0.848. The largest absolute Gasteiger partial charge is 0.378 e. The second-order valence-electron chi connectivity index (χ2n) is 4.68. The highest BCUT2D eigenvalue weighted by Crippen LogP contribution is 2.13. The third-order valence-corrected chi connectivity index (χ3v) is 3.05. The molecule has 0 spiro atoms. The van der Waals surface area contributed by atoms with Crippen molar-refractivity contribution in [2.45, 2.75) is 19.5 Å². The zero-order chi connectivity index (χ0) is 13.0. The Labute approximate surface area is 108 Å². The van der Waals surface area contributed by atoms with E-state index in [1.165, 1.54) is 11.3 Å². The van der Waals surface area contributed by atoms with Crippen molar-refractivity contribution in [1.29, 1.82) is 0 Å². The van der Waals surface area contributed by atoms with Crippen molar-refractivity contribution in [3.8, 4) is 0 Å². The molecule has 1 aromatic heterocycles. The number of nitrogens with one attached hydrogen (secondary N) is 2. The molecule has 1 unspecified atom stereocenters. The Hall–Kier alpha value is -1.81. The van der Waals surface area contributed by atoms with Gasteiger partial charge in [0.25, 0.3) is 0 Å². The molecule has 1 atom stereocenters. The maximum atomic E-state index is 3.96. The number of nitrogens with zero attached hydrogens (tertiary/aromatic N) is 2. The summed E-state index contributed by atoms with van der Waals surface area (Å²) in [6, 6.07) is 10.9. The van der Waals surface area contributed by atoms with Gasteiger partial charge in [-0.3, -0.25) is 5.10 Å². The van der Waals surface area contributed by atoms with Gasteiger partial charge in [0.05, 0.1) is 5.69 Å². The monoisotopic (exact) mass is 244 g/mol. The molecule has 96 valence electrons. The minimum Gasteiger partial charge on any atom is -0.378 e. The number of rotatable bonds is 5. The Morgan fingerprint density at radius 3 is 2.50 bits per heavy atom. The Kier molecular flexibility index (Phi) is 3.99. The van der Waals surface area contributed by atoms with Crippen molar-refractivity contribution in [2.24, 2.45) is 0 Å². The topological polar surface area (TPSA) is 44.0 Å². The fraction of sp³-hybridized carbons (Fsp3) is 0.357. The standard InChI is InChI=1S/C14H20N4/c1-11(14-8-9-16-17-14)15-10-12-4-6-13(7-5-12)18(2)3/h4-9,11,15H,10H2,1-3H3,(H,16,17). The Morgan fingerprint density at radius 1 is 1.22 bits per heavy atom. The first-order chi connectivity index (χ1) is 8.66. The van der Waals surface area contributed by atoms with Crippen LogP contribution in [0.4, 0.5) is 5.69 Å². The lowest BCUT2D eigenvalue weighted by atomic mass is 10.1. The average Bonchev–Trinajstić information content (AvgIpc) is 2.90. The Morgan fingerprint density at radius 2 is 1.94 bits per heavy atom. The van der Waals surface area contributed by atoms with Crippen LogP contribution in [0, 0.1) is 0 Å². The predicted octanol–water partition coefficient (Wildman–Crippen LogP) is 2.33. The average molecular weight is 244 g/mol. The molecule has 0 aliphatic carbocycles. The van der Waals surface area contributed by atoms with Gasteiger partial charge in [-0.05, 0) is 30.7 Å². The van der Waals surface area contributed by atoms with E-state index >= 15 is 0 Å². The number of hydrogen-bond donors (Lipinski definition) is 2. The minimum absolute atomic E-state index is 0.279. The molecular formula is C14H20N4. The molecule has 2 aromatic rings. The van der Waals surface area contributed by atoms with E-state index in [1.54, 1.807) is 6.20 Å². The SMILES string of the molecule is CC(NCc1ccc(N(C)C)cc1)c1ccn[nH]1. The van der Waals surface area contributed by atoms with Gasteiger partial charge in [0, 0.05) is 38.6 Å². The van der Waals surface area contributed by atoms with Crippen molar-refractivity contribution >= 4 is 5.69 Å². The van der Waals surface area contributed by atoms with Crippen molar-refractivity contribution in [2.75, 3.05) is 19.0 Å². The zero-order valence-electron chi connectivity index (χ0n) is 11.1. The minimum atomic E-state index is 0.279. The highest BCUT2D eigenvalue weighted by atomic mass is 15.1. The lowest BCUT2D eigenvalue weighted by Crippen LogP contribution is -2.18. The van der Waals surface area contributed by atoms with E-state index in [1.807, 2.05) is 20.2 Å². The van der Waals surface area contributed by atoms with E-state index in [9.17, 15) is 0 Å². The number of benzene rings is 1. The first-order valence-electron chi connectivity index (χ1n) is 6.16. The van der Waals surface area contributed by atoms with Crippen LogP contribution in [0.25, 0.3) is 0 Å². The highest BCUT2D eigenvalue weighted by molar-refractivity contribution is 5.45. The molecule has 2 N–H and O–H groups in total. The third-order valence-electron chi connectivity index (χ3n) is 3.05. The predicted molar refractivity (Wildman–Crippen MR) is 74.6 cm³/mol. The molecule has 0 aliphatic rings. The van der Waals surface area contributed by atoms with Crippen LogP contribution in [-0.2, 0) is 6.54 Å². The molecule has 0 saturated heterocycles. The smallest absolute Gasteiger partial charge is 0.0518 e. The van der Waals surface area contributed by atoms with E-state index in [0.29, 0.717) is 0 Å². The van der Waals surface area contributed by atoms with Gasteiger partial charge in [0.2, 0.25) is 0 Å². The molecule has 4 heteroatoms. The number of aromatic amines is 1. The van der Waals surface area contributed by atoms with E-state index in [2.05, 4.69) is 51.6 Å². The Balaban J connectivity index is 1.90. The Bertz CT molecular complexity index is 459. The van der Waals surface area contributed by atoms with Crippen LogP contribution in [0.2, 0.25) is 0 Å². The summed E-state index contributed by atoms with van der Waals surface area (Å²) in [6.07, 6.45) is 1.78. The fourth-order valence-corrected chi connectivity index (χ4v) is 1.80. The van der Waals surface area contributed by atoms with Gasteiger partial charge in [0.1, 0.15) is 0 Å². The van der Waals surface area contributed by atoms with Gasteiger partial charge in [-0.25, -0.2) is 0 Å². The van der Waals surface area contributed by atoms with Crippen molar-refractivity contribution in [1.82, 2.24) is 15.5 Å². The normalized spacial score (nSPS) is 12.4. The molecule has 0 radical (unpaired) electrons. The summed E-state index contributed by atoms with van der Waals surface area (Å²) >= 11 is 0. The van der Waals surface area contributed by atoms with Crippen LogP contribution in [0.3, 0.4) is 0 Å². The van der Waals surface area contributed by atoms with Crippen LogP contribution in [0.1, 0.15) is 24.2 Å².